The minimum atomic E-state index is -0.398. The molecule has 5 rings (SSSR count). The second kappa shape index (κ2) is 9.87. The van der Waals surface area contributed by atoms with Crippen molar-refractivity contribution in [3.05, 3.63) is 59.7 Å². The molecule has 2 aromatic carbocycles. The van der Waals surface area contributed by atoms with E-state index in [9.17, 15) is 4.79 Å². The summed E-state index contributed by atoms with van der Waals surface area (Å²) < 4.78 is 5.53. The number of carbonyl (C=O) groups excluding carboxylic acids is 1. The van der Waals surface area contributed by atoms with E-state index in [1.165, 1.54) is 5.56 Å². The van der Waals surface area contributed by atoms with Gasteiger partial charge in [0.25, 0.3) is 0 Å². The molecule has 0 bridgehead atoms. The highest BCUT2D eigenvalue weighted by atomic mass is 16.6. The van der Waals surface area contributed by atoms with E-state index in [-0.39, 0.29) is 5.95 Å². The number of aromatic nitrogens is 2. The van der Waals surface area contributed by atoms with Crippen molar-refractivity contribution in [1.82, 2.24) is 19.8 Å². The molecule has 1 aromatic heterocycles. The minimum Gasteiger partial charge on any atom is -0.410 e. The van der Waals surface area contributed by atoms with Gasteiger partial charge < -0.3 is 25.2 Å². The number of fused-ring (bicyclic) bond motifs is 1. The maximum Gasteiger partial charge on any atom is 0.415 e. The fraction of sp³-hybridized carbons (Fsp3) is 0.320. The maximum absolute atomic E-state index is 12.8. The molecule has 0 aliphatic carbocycles. The van der Waals surface area contributed by atoms with E-state index in [0.29, 0.717) is 24.5 Å². The molecule has 0 spiro atoms. The van der Waals surface area contributed by atoms with Crippen LogP contribution in [0.1, 0.15) is 11.1 Å². The number of nitrogens with two attached hydrogens (primary N) is 2. The Morgan fingerprint density at radius 3 is 2.51 bits per heavy atom. The summed E-state index contributed by atoms with van der Waals surface area (Å²) in [4.78, 5) is 28.0. The second-order valence-corrected chi connectivity index (χ2v) is 8.98. The summed E-state index contributed by atoms with van der Waals surface area (Å²) in [6, 6.07) is 14.9. The van der Waals surface area contributed by atoms with Crippen molar-refractivity contribution in [1.29, 1.82) is 0 Å². The van der Waals surface area contributed by atoms with Crippen LogP contribution >= 0.6 is 0 Å². The van der Waals surface area contributed by atoms with E-state index >= 15 is 0 Å². The van der Waals surface area contributed by atoms with Crippen LogP contribution in [0.2, 0.25) is 0 Å². The molecule has 0 saturated carbocycles. The van der Waals surface area contributed by atoms with Gasteiger partial charge in [-0.25, -0.2) is 15.0 Å². The predicted octanol–water partition coefficient (Wildman–Crippen LogP) is 1.62. The molecule has 10 heteroatoms. The van der Waals surface area contributed by atoms with Gasteiger partial charge in [0, 0.05) is 63.0 Å². The maximum atomic E-state index is 12.8. The Morgan fingerprint density at radius 1 is 1.00 bits per heavy atom. The van der Waals surface area contributed by atoms with Gasteiger partial charge in [-0.3, -0.25) is 0 Å². The van der Waals surface area contributed by atoms with E-state index in [1.807, 2.05) is 6.07 Å². The van der Waals surface area contributed by atoms with Crippen LogP contribution in [-0.2, 0) is 13.0 Å². The summed E-state index contributed by atoms with van der Waals surface area (Å²) in [5.41, 5.74) is 11.7. The fourth-order valence-corrected chi connectivity index (χ4v) is 4.46. The highest BCUT2D eigenvalue weighted by Gasteiger charge is 2.23. The summed E-state index contributed by atoms with van der Waals surface area (Å²) in [6.45, 7) is 4.80. The molecule has 3 heterocycles. The molecular formula is C25H30N7O3+. The van der Waals surface area contributed by atoms with Crippen molar-refractivity contribution >= 4 is 23.5 Å². The number of amides is 1. The number of nitrogens with zero attached hydrogens (tertiary/aromatic N) is 5. The normalized spacial score (nSPS) is 16.2. The number of piperazine rings is 1. The largest absolute Gasteiger partial charge is 0.415 e. The van der Waals surface area contributed by atoms with E-state index in [4.69, 9.17) is 15.7 Å². The number of carbonyl (C=O) groups is 1. The summed E-state index contributed by atoms with van der Waals surface area (Å²) in [5.74, 6) is 1.53. The number of ether oxygens (including phenoxy) is 1. The lowest BCUT2D eigenvalue weighted by Gasteiger charge is -2.33. The average molecular weight is 477 g/mol. The predicted molar refractivity (Wildman–Crippen MR) is 132 cm³/mol. The molecule has 182 valence electrons. The minimum absolute atomic E-state index is 0.254. The number of anilines is 2. The van der Waals surface area contributed by atoms with Gasteiger partial charge in [0.15, 0.2) is 5.69 Å². The molecule has 2 aliphatic heterocycles. The third-order valence-electron chi connectivity index (χ3n) is 6.56. The Balaban J connectivity index is 1.33. The quantitative estimate of drug-likeness (QED) is 0.383. The molecular weight excluding hydrogens is 446 g/mol. The summed E-state index contributed by atoms with van der Waals surface area (Å²) in [6.07, 6.45) is 0.354. The molecule has 1 fully saturated rings. The smallest absolute Gasteiger partial charge is 0.410 e. The van der Waals surface area contributed by atoms with Gasteiger partial charge in [0.2, 0.25) is 5.95 Å². The first-order chi connectivity index (χ1) is 17.0. The number of benzene rings is 2. The number of hydrogen-bond acceptors (Lipinski definition) is 8. The van der Waals surface area contributed by atoms with Gasteiger partial charge in [-0.15, -0.1) is 0 Å². The van der Waals surface area contributed by atoms with Gasteiger partial charge in [-0.1, -0.05) is 12.1 Å². The number of nitrogen functional groups attached to an aromatic ring is 1. The first-order valence-electron chi connectivity index (χ1n) is 11.7. The first-order valence-corrected chi connectivity index (χ1v) is 11.7. The fourth-order valence-electron chi connectivity index (χ4n) is 4.46. The van der Waals surface area contributed by atoms with Crippen molar-refractivity contribution in [3.8, 4) is 17.0 Å². The SMILES string of the molecule is CN1CCN(c2cc(-c3ccc4c(c3)CN(C(=O)Oc3ccc([NH2+]O)cc3)CC4)nc(N)n2)CC1. The molecule has 0 radical (unpaired) electrons. The molecule has 0 atom stereocenters. The zero-order chi connectivity index (χ0) is 24.4. The van der Waals surface area contributed by atoms with E-state index in [2.05, 4.69) is 45.0 Å². The third-order valence-corrected chi connectivity index (χ3v) is 6.56. The Kier molecular flexibility index (Phi) is 6.49. The van der Waals surface area contributed by atoms with Gasteiger partial charge >= 0.3 is 6.09 Å². The number of likely N-dealkylation sites (N-methyl/N-ethyl adjacent to an activating group) is 1. The van der Waals surface area contributed by atoms with Gasteiger partial charge in [0.1, 0.15) is 11.6 Å². The van der Waals surface area contributed by atoms with Crippen LogP contribution in [0.5, 0.6) is 5.75 Å². The van der Waals surface area contributed by atoms with E-state index in [0.717, 1.165) is 60.7 Å². The van der Waals surface area contributed by atoms with Gasteiger partial charge in [0.05, 0.1) is 5.69 Å². The van der Waals surface area contributed by atoms with Crippen LogP contribution in [-0.4, -0.2) is 70.8 Å². The van der Waals surface area contributed by atoms with Gasteiger partial charge in [-0.05, 0) is 42.8 Å². The third kappa shape index (κ3) is 5.19. The first kappa shape index (κ1) is 23.0. The number of quaternary nitrogens is 1. The van der Waals surface area contributed by atoms with E-state index < -0.39 is 6.09 Å². The average Bonchev–Trinajstić information content (AvgIpc) is 2.88. The topological polar surface area (TPSA) is 125 Å². The highest BCUT2D eigenvalue weighted by molar-refractivity contribution is 5.72. The Labute approximate surface area is 203 Å². The van der Waals surface area contributed by atoms with E-state index in [1.54, 1.807) is 29.2 Å². The van der Waals surface area contributed by atoms with Crippen LogP contribution in [0, 0.1) is 0 Å². The van der Waals surface area contributed by atoms with Crippen LogP contribution < -0.4 is 20.9 Å². The van der Waals surface area contributed by atoms with Crippen molar-refractivity contribution in [2.24, 2.45) is 0 Å². The summed E-state index contributed by atoms with van der Waals surface area (Å²) in [7, 11) is 2.12. The zero-order valence-corrected chi connectivity index (χ0v) is 19.7. The molecule has 3 aromatic rings. The van der Waals surface area contributed by atoms with Crippen LogP contribution in [0.3, 0.4) is 0 Å². The standard InChI is InChI=1S/C25H29N7O3/c1-30-10-12-31(13-11-30)23-15-22(27-24(26)28-23)18-3-2-17-8-9-32(16-19(17)14-18)25(33)35-21-6-4-20(29-34)5-7-21/h2-7,14-15,29,34H,8-13,16H2,1H3,(H2,26,27,28)/p+1. The van der Waals surface area contributed by atoms with Crippen molar-refractivity contribution in [2.45, 2.75) is 13.0 Å². The highest BCUT2D eigenvalue weighted by Crippen LogP contribution is 2.28. The lowest BCUT2D eigenvalue weighted by molar-refractivity contribution is -0.825. The number of hydrogen-bond donors (Lipinski definition) is 3. The Bertz CT molecular complexity index is 1210. The van der Waals surface area contributed by atoms with Crippen molar-refractivity contribution < 1.29 is 20.2 Å². The lowest BCUT2D eigenvalue weighted by Crippen LogP contribution is -2.73. The molecule has 1 saturated heterocycles. The summed E-state index contributed by atoms with van der Waals surface area (Å²) in [5, 5.41) is 9.06. The summed E-state index contributed by atoms with van der Waals surface area (Å²) >= 11 is 0. The lowest BCUT2D eigenvalue weighted by atomic mass is 9.96. The van der Waals surface area contributed by atoms with Crippen molar-refractivity contribution in [2.75, 3.05) is 50.4 Å². The molecule has 1 amide bonds. The Hall–Kier alpha value is -3.73. The van der Waals surface area contributed by atoms with Crippen molar-refractivity contribution in [3.63, 3.8) is 0 Å². The number of rotatable bonds is 4. The van der Waals surface area contributed by atoms with Crippen LogP contribution in [0.15, 0.2) is 48.5 Å². The Morgan fingerprint density at radius 2 is 1.77 bits per heavy atom. The zero-order valence-electron chi connectivity index (χ0n) is 19.7. The van der Waals surface area contributed by atoms with Crippen LogP contribution in [0.4, 0.5) is 22.2 Å². The molecule has 5 N–H and O–H groups in total. The van der Waals surface area contributed by atoms with Crippen LogP contribution in [0.25, 0.3) is 11.3 Å². The monoisotopic (exact) mass is 476 g/mol. The molecule has 0 unspecified atom stereocenters. The molecule has 35 heavy (non-hydrogen) atoms. The molecule has 10 nitrogen and oxygen atoms in total. The molecule has 2 aliphatic rings. The van der Waals surface area contributed by atoms with Gasteiger partial charge in [-0.2, -0.15) is 10.5 Å². The second-order valence-electron chi connectivity index (χ2n) is 8.98.